The highest BCUT2D eigenvalue weighted by molar-refractivity contribution is 5.80. The summed E-state index contributed by atoms with van der Waals surface area (Å²) in [7, 11) is 3.73. The van der Waals surface area contributed by atoms with E-state index in [-0.39, 0.29) is 5.82 Å². The predicted molar refractivity (Wildman–Crippen MR) is 125 cm³/mol. The van der Waals surface area contributed by atoms with Gasteiger partial charge in [0.05, 0.1) is 13.7 Å². The van der Waals surface area contributed by atoms with Crippen molar-refractivity contribution in [3.63, 3.8) is 0 Å². The van der Waals surface area contributed by atoms with Crippen LogP contribution in [0.5, 0.6) is 5.75 Å². The number of piperidine rings is 1. The van der Waals surface area contributed by atoms with Crippen LogP contribution in [0.2, 0.25) is 0 Å². The summed E-state index contributed by atoms with van der Waals surface area (Å²) in [6.45, 7) is 7.58. The highest BCUT2D eigenvalue weighted by Crippen LogP contribution is 2.22. The Hall–Kier alpha value is -1.86. The van der Waals surface area contributed by atoms with Crippen molar-refractivity contribution >= 4 is 5.96 Å². The van der Waals surface area contributed by atoms with Crippen molar-refractivity contribution in [2.24, 2.45) is 4.99 Å². The fourth-order valence-electron chi connectivity index (χ4n) is 4.66. The summed E-state index contributed by atoms with van der Waals surface area (Å²) in [5.41, 5.74) is 0.992. The maximum Gasteiger partial charge on any atom is 0.191 e. The first-order valence-corrected chi connectivity index (χ1v) is 11.9. The van der Waals surface area contributed by atoms with Gasteiger partial charge in [0.1, 0.15) is 0 Å². The predicted octanol–water partition coefficient (Wildman–Crippen LogP) is 3.23. The quantitative estimate of drug-likeness (QED) is 0.463. The second kappa shape index (κ2) is 12.2. The number of likely N-dealkylation sites (tertiary alicyclic amines) is 1. The van der Waals surface area contributed by atoms with Gasteiger partial charge in [-0.05, 0) is 57.4 Å². The number of nitrogens with one attached hydrogen (secondary N) is 2. The summed E-state index contributed by atoms with van der Waals surface area (Å²) in [4.78, 5) is 9.68. The van der Waals surface area contributed by atoms with Crippen molar-refractivity contribution < 1.29 is 9.13 Å². The summed E-state index contributed by atoms with van der Waals surface area (Å²) >= 11 is 0. The molecule has 1 aromatic carbocycles. The van der Waals surface area contributed by atoms with Gasteiger partial charge in [0, 0.05) is 44.8 Å². The molecule has 0 bridgehead atoms. The minimum absolute atomic E-state index is 0.290. The van der Waals surface area contributed by atoms with Gasteiger partial charge in [-0.25, -0.2) is 4.39 Å². The molecule has 0 atom stereocenters. The number of hydrogen-bond donors (Lipinski definition) is 2. The van der Waals surface area contributed by atoms with Gasteiger partial charge in [0.25, 0.3) is 0 Å². The SMILES string of the molecule is CCNC(=NCCN(C)C1CCCC1)NC1CCN(Cc2ccc(OC)c(F)c2)CC1. The smallest absolute Gasteiger partial charge is 0.191 e. The topological polar surface area (TPSA) is 52.1 Å². The molecule has 0 spiro atoms. The minimum Gasteiger partial charge on any atom is -0.494 e. The molecule has 0 aromatic heterocycles. The molecule has 0 unspecified atom stereocenters. The Bertz CT molecular complexity index is 699. The summed E-state index contributed by atoms with van der Waals surface area (Å²) < 4.78 is 19.0. The van der Waals surface area contributed by atoms with Crippen molar-refractivity contribution in [3.05, 3.63) is 29.6 Å². The van der Waals surface area contributed by atoms with E-state index in [1.165, 1.54) is 32.8 Å². The summed E-state index contributed by atoms with van der Waals surface area (Å²) in [6, 6.07) is 6.41. The molecular weight excluding hydrogens is 393 g/mol. The fourth-order valence-corrected chi connectivity index (χ4v) is 4.66. The van der Waals surface area contributed by atoms with Crippen LogP contribution < -0.4 is 15.4 Å². The molecule has 7 heteroatoms. The highest BCUT2D eigenvalue weighted by atomic mass is 19.1. The number of aliphatic imine (C=N–C) groups is 1. The third-order valence-electron chi connectivity index (χ3n) is 6.57. The molecule has 2 N–H and O–H groups in total. The lowest BCUT2D eigenvalue weighted by Crippen LogP contribution is -2.48. The van der Waals surface area contributed by atoms with Crippen LogP contribution in [0.15, 0.2) is 23.2 Å². The number of likely N-dealkylation sites (N-methyl/N-ethyl adjacent to an activating group) is 1. The third-order valence-corrected chi connectivity index (χ3v) is 6.57. The van der Waals surface area contributed by atoms with Gasteiger partial charge >= 0.3 is 0 Å². The standard InChI is InChI=1S/C24H40FN5O/c1-4-26-24(27-13-16-29(2)21-7-5-6-8-21)28-20-11-14-30(15-12-20)18-19-9-10-23(31-3)22(25)17-19/h9-10,17,20-21H,4-8,11-16,18H2,1-3H3,(H2,26,27,28). The van der Waals surface area contributed by atoms with E-state index in [4.69, 9.17) is 9.73 Å². The molecule has 31 heavy (non-hydrogen) atoms. The molecule has 1 aliphatic heterocycles. The van der Waals surface area contributed by atoms with Crippen molar-refractivity contribution in [1.29, 1.82) is 0 Å². The second-order valence-corrected chi connectivity index (χ2v) is 8.84. The molecule has 174 valence electrons. The summed E-state index contributed by atoms with van der Waals surface area (Å²) in [5, 5.41) is 7.02. The number of halogens is 1. The average Bonchev–Trinajstić information content (AvgIpc) is 3.30. The number of guanidine groups is 1. The Morgan fingerprint density at radius 3 is 2.61 bits per heavy atom. The lowest BCUT2D eigenvalue weighted by molar-refractivity contribution is 0.198. The van der Waals surface area contributed by atoms with Crippen molar-refractivity contribution in [2.45, 2.75) is 64.1 Å². The lowest BCUT2D eigenvalue weighted by Gasteiger charge is -2.33. The molecule has 3 rings (SSSR count). The summed E-state index contributed by atoms with van der Waals surface area (Å²) in [6.07, 6.45) is 7.53. The van der Waals surface area contributed by atoms with Gasteiger partial charge in [-0.15, -0.1) is 0 Å². The van der Waals surface area contributed by atoms with Gasteiger partial charge in [-0.1, -0.05) is 18.9 Å². The van der Waals surface area contributed by atoms with E-state index < -0.39 is 0 Å². The van der Waals surface area contributed by atoms with Gasteiger partial charge in [-0.3, -0.25) is 9.89 Å². The number of methoxy groups -OCH3 is 1. The van der Waals surface area contributed by atoms with Crippen LogP contribution in [-0.4, -0.2) is 74.7 Å². The van der Waals surface area contributed by atoms with E-state index in [2.05, 4.69) is 34.4 Å². The zero-order chi connectivity index (χ0) is 22.1. The molecular formula is C24H40FN5O. The van der Waals surface area contributed by atoms with Gasteiger partial charge in [0.15, 0.2) is 17.5 Å². The first kappa shape index (κ1) is 23.8. The molecule has 1 saturated heterocycles. The molecule has 1 heterocycles. The maximum atomic E-state index is 13.9. The number of benzene rings is 1. The summed E-state index contributed by atoms with van der Waals surface area (Å²) in [5.74, 6) is 0.941. The van der Waals surface area contributed by atoms with E-state index >= 15 is 0 Å². The van der Waals surface area contributed by atoms with Crippen LogP contribution in [0.4, 0.5) is 4.39 Å². The number of nitrogens with zero attached hydrogens (tertiary/aromatic N) is 3. The number of hydrogen-bond acceptors (Lipinski definition) is 4. The Kier molecular flexibility index (Phi) is 9.40. The molecule has 2 fully saturated rings. The largest absolute Gasteiger partial charge is 0.494 e. The Morgan fingerprint density at radius 2 is 1.97 bits per heavy atom. The van der Waals surface area contributed by atoms with Crippen LogP contribution in [0.3, 0.4) is 0 Å². The first-order chi connectivity index (χ1) is 15.1. The third kappa shape index (κ3) is 7.35. The van der Waals surface area contributed by atoms with Gasteiger partial charge in [0.2, 0.25) is 0 Å². The normalized spacial score (nSPS) is 19.2. The lowest BCUT2D eigenvalue weighted by atomic mass is 10.0. The van der Waals surface area contributed by atoms with Crippen LogP contribution in [0.25, 0.3) is 0 Å². The van der Waals surface area contributed by atoms with Crippen LogP contribution in [0.1, 0.15) is 51.0 Å². The van der Waals surface area contributed by atoms with E-state index in [1.807, 2.05) is 6.07 Å². The zero-order valence-corrected chi connectivity index (χ0v) is 19.5. The molecule has 1 aliphatic carbocycles. The van der Waals surface area contributed by atoms with Gasteiger partial charge < -0.3 is 20.3 Å². The average molecular weight is 434 g/mol. The second-order valence-electron chi connectivity index (χ2n) is 8.84. The highest BCUT2D eigenvalue weighted by Gasteiger charge is 2.21. The van der Waals surface area contributed by atoms with Crippen LogP contribution in [-0.2, 0) is 6.54 Å². The first-order valence-electron chi connectivity index (χ1n) is 11.9. The monoisotopic (exact) mass is 433 g/mol. The Balaban J connectivity index is 1.42. The molecule has 1 saturated carbocycles. The molecule has 1 aromatic rings. The maximum absolute atomic E-state index is 13.9. The van der Waals surface area contributed by atoms with E-state index in [1.54, 1.807) is 12.1 Å². The molecule has 2 aliphatic rings. The molecule has 0 amide bonds. The van der Waals surface area contributed by atoms with Crippen molar-refractivity contribution in [2.75, 3.05) is 46.9 Å². The zero-order valence-electron chi connectivity index (χ0n) is 19.5. The Labute approximate surface area is 187 Å². The van der Waals surface area contributed by atoms with E-state index in [9.17, 15) is 4.39 Å². The van der Waals surface area contributed by atoms with Crippen molar-refractivity contribution in [3.8, 4) is 5.75 Å². The number of rotatable bonds is 9. The van der Waals surface area contributed by atoms with E-state index in [0.29, 0.717) is 11.8 Å². The number of ether oxygens (including phenoxy) is 1. The van der Waals surface area contributed by atoms with Crippen molar-refractivity contribution in [1.82, 2.24) is 20.4 Å². The van der Waals surface area contributed by atoms with E-state index in [0.717, 1.165) is 69.7 Å². The Morgan fingerprint density at radius 1 is 1.23 bits per heavy atom. The minimum atomic E-state index is -0.290. The van der Waals surface area contributed by atoms with Crippen LogP contribution >= 0.6 is 0 Å². The van der Waals surface area contributed by atoms with Crippen LogP contribution in [0, 0.1) is 5.82 Å². The van der Waals surface area contributed by atoms with Gasteiger partial charge in [-0.2, -0.15) is 0 Å². The molecule has 0 radical (unpaired) electrons. The molecule has 6 nitrogen and oxygen atoms in total. The fraction of sp³-hybridized carbons (Fsp3) is 0.708.